The highest BCUT2D eigenvalue weighted by Gasteiger charge is 2.25. The third kappa shape index (κ3) is 7.45. The van der Waals surface area contributed by atoms with E-state index in [0.29, 0.717) is 13.2 Å². The lowest BCUT2D eigenvalue weighted by Crippen LogP contribution is -2.30. The maximum atomic E-state index is 11.5. The summed E-state index contributed by atoms with van der Waals surface area (Å²) in [6.45, 7) is 5.37. The van der Waals surface area contributed by atoms with Gasteiger partial charge >= 0.3 is 5.69 Å². The number of hydrogen-bond acceptors (Lipinski definition) is 8. The molecule has 4 atom stereocenters. The first-order valence-electron chi connectivity index (χ1n) is 11.2. The highest BCUT2D eigenvalue weighted by molar-refractivity contribution is 6.34. The van der Waals surface area contributed by atoms with Crippen molar-refractivity contribution in [1.29, 1.82) is 0 Å². The molecular formula is C22H32ClNO8. The number of benzene rings is 1. The average molecular weight is 474 g/mol. The normalized spacial score (nSPS) is 23.3. The van der Waals surface area contributed by atoms with Crippen LogP contribution in [0.25, 0.3) is 0 Å². The monoisotopic (exact) mass is 473 g/mol. The molecule has 9 nitrogen and oxygen atoms in total. The van der Waals surface area contributed by atoms with Gasteiger partial charge in [-0.1, -0.05) is 11.6 Å². The lowest BCUT2D eigenvalue weighted by Gasteiger charge is -2.26. The minimum Gasteiger partial charge on any atom is -0.489 e. The highest BCUT2D eigenvalue weighted by Crippen LogP contribution is 2.41. The molecule has 0 saturated carbocycles. The van der Waals surface area contributed by atoms with Crippen LogP contribution in [0.4, 0.5) is 5.69 Å². The van der Waals surface area contributed by atoms with Crippen LogP contribution in [0.15, 0.2) is 12.1 Å². The van der Waals surface area contributed by atoms with Crippen LogP contribution in [-0.2, 0) is 18.9 Å². The predicted octanol–water partition coefficient (Wildman–Crippen LogP) is 4.87. The number of nitro groups is 1. The first kappa shape index (κ1) is 25.0. The Balaban J connectivity index is 1.57. The Hall–Kier alpha value is -1.65. The van der Waals surface area contributed by atoms with Crippen molar-refractivity contribution < 1.29 is 33.3 Å². The SMILES string of the molecule is C[C@@H](COc1ccc([N+](=O)[O-])c(OC[C@H](C)OC2CCCCO2)c1Cl)OC1CCCCO1. The first-order chi connectivity index (χ1) is 15.4. The van der Waals surface area contributed by atoms with Crippen LogP contribution < -0.4 is 9.47 Å². The van der Waals surface area contributed by atoms with Gasteiger partial charge < -0.3 is 28.4 Å². The number of halogens is 1. The quantitative estimate of drug-likeness (QED) is 0.331. The molecule has 0 amide bonds. The second-order valence-corrected chi connectivity index (χ2v) is 8.47. The molecule has 2 unspecified atom stereocenters. The van der Waals surface area contributed by atoms with E-state index in [1.54, 1.807) is 0 Å². The van der Waals surface area contributed by atoms with E-state index in [-0.39, 0.29) is 60.2 Å². The molecule has 2 aliphatic heterocycles. The largest absolute Gasteiger partial charge is 0.489 e. The van der Waals surface area contributed by atoms with Gasteiger partial charge in [0.05, 0.1) is 17.1 Å². The van der Waals surface area contributed by atoms with Gasteiger partial charge in [-0.25, -0.2) is 0 Å². The third-order valence-corrected chi connectivity index (χ3v) is 5.58. The summed E-state index contributed by atoms with van der Waals surface area (Å²) in [7, 11) is 0. The van der Waals surface area contributed by atoms with Crippen molar-refractivity contribution >= 4 is 17.3 Å². The van der Waals surface area contributed by atoms with Gasteiger partial charge in [-0.2, -0.15) is 0 Å². The summed E-state index contributed by atoms with van der Waals surface area (Å²) in [5.74, 6) is 0.245. The fourth-order valence-electron chi connectivity index (χ4n) is 3.56. The van der Waals surface area contributed by atoms with E-state index in [4.69, 9.17) is 40.0 Å². The molecule has 0 spiro atoms. The zero-order valence-corrected chi connectivity index (χ0v) is 19.4. The smallest absolute Gasteiger partial charge is 0.312 e. The standard InChI is InChI=1S/C22H32ClNO8/c1-15(31-19-7-3-5-11-27-19)13-29-18-10-9-17(24(25)26)22(21(18)23)30-14-16(2)32-20-8-4-6-12-28-20/h9-10,15-16,19-20H,3-8,11-14H2,1-2H3/t15-,16-,19?,20?/m0/s1. The fourth-order valence-corrected chi connectivity index (χ4v) is 3.83. The summed E-state index contributed by atoms with van der Waals surface area (Å²) in [6, 6.07) is 2.79. The Kier molecular flexibility index (Phi) is 9.80. The summed E-state index contributed by atoms with van der Waals surface area (Å²) in [4.78, 5) is 10.9. The Morgan fingerprint density at radius 1 is 1.00 bits per heavy atom. The topological polar surface area (TPSA) is 98.5 Å². The van der Waals surface area contributed by atoms with Crippen LogP contribution >= 0.6 is 11.6 Å². The van der Waals surface area contributed by atoms with Crippen LogP contribution in [-0.4, -0.2) is 56.1 Å². The van der Waals surface area contributed by atoms with E-state index in [9.17, 15) is 10.1 Å². The highest BCUT2D eigenvalue weighted by atomic mass is 35.5. The van der Waals surface area contributed by atoms with E-state index in [0.717, 1.165) is 38.5 Å². The van der Waals surface area contributed by atoms with E-state index in [1.807, 2.05) is 13.8 Å². The molecule has 180 valence electrons. The Morgan fingerprint density at radius 3 is 2.06 bits per heavy atom. The van der Waals surface area contributed by atoms with Crippen LogP contribution in [0.3, 0.4) is 0 Å². The van der Waals surface area contributed by atoms with Gasteiger partial charge in [0.25, 0.3) is 0 Å². The van der Waals surface area contributed by atoms with Crippen molar-refractivity contribution in [2.45, 2.75) is 77.2 Å². The van der Waals surface area contributed by atoms with Crippen LogP contribution in [0.1, 0.15) is 52.4 Å². The number of ether oxygens (including phenoxy) is 6. The average Bonchev–Trinajstić information content (AvgIpc) is 2.78. The lowest BCUT2D eigenvalue weighted by atomic mass is 10.2. The Bertz CT molecular complexity index is 737. The summed E-state index contributed by atoms with van der Waals surface area (Å²) in [5, 5.41) is 11.5. The molecule has 2 fully saturated rings. The molecule has 2 aliphatic rings. The molecular weight excluding hydrogens is 442 g/mol. The van der Waals surface area contributed by atoms with Gasteiger partial charge in [0.1, 0.15) is 24.0 Å². The van der Waals surface area contributed by atoms with E-state index in [1.165, 1.54) is 12.1 Å². The molecule has 0 bridgehead atoms. The number of nitro benzene ring substituents is 1. The van der Waals surface area contributed by atoms with Crippen LogP contribution in [0.5, 0.6) is 11.5 Å². The first-order valence-corrected chi connectivity index (χ1v) is 11.6. The maximum Gasteiger partial charge on any atom is 0.312 e. The summed E-state index contributed by atoms with van der Waals surface area (Å²) in [5.41, 5.74) is -0.233. The molecule has 1 aromatic rings. The second kappa shape index (κ2) is 12.6. The van der Waals surface area contributed by atoms with E-state index in [2.05, 4.69) is 0 Å². The zero-order valence-electron chi connectivity index (χ0n) is 18.6. The van der Waals surface area contributed by atoms with Crippen molar-refractivity contribution in [2.75, 3.05) is 26.4 Å². The van der Waals surface area contributed by atoms with Crippen LogP contribution in [0, 0.1) is 10.1 Å². The molecule has 0 radical (unpaired) electrons. The molecule has 2 saturated heterocycles. The minimum absolute atomic E-state index is 0.0430. The van der Waals surface area contributed by atoms with Gasteiger partial charge in [-0.3, -0.25) is 10.1 Å². The maximum absolute atomic E-state index is 11.5. The van der Waals surface area contributed by atoms with Gasteiger partial charge in [0.15, 0.2) is 12.6 Å². The Labute approximate surface area is 193 Å². The molecule has 0 aliphatic carbocycles. The summed E-state index contributed by atoms with van der Waals surface area (Å²) >= 11 is 6.42. The lowest BCUT2D eigenvalue weighted by molar-refractivity contribution is -0.386. The predicted molar refractivity (Wildman–Crippen MR) is 117 cm³/mol. The third-order valence-electron chi connectivity index (χ3n) is 5.22. The minimum atomic E-state index is -0.535. The Morgan fingerprint density at radius 2 is 1.56 bits per heavy atom. The van der Waals surface area contributed by atoms with E-state index >= 15 is 0 Å². The van der Waals surface area contributed by atoms with Crippen molar-refractivity contribution in [1.82, 2.24) is 0 Å². The fraction of sp³-hybridized carbons (Fsp3) is 0.727. The van der Waals surface area contributed by atoms with Gasteiger partial charge in [-0.05, 0) is 58.4 Å². The summed E-state index contributed by atoms with van der Waals surface area (Å²) in [6.07, 6.45) is 4.78. The second-order valence-electron chi connectivity index (χ2n) is 8.09. The molecule has 0 N–H and O–H groups in total. The summed E-state index contributed by atoms with van der Waals surface area (Å²) < 4.78 is 34.3. The van der Waals surface area contributed by atoms with Crippen molar-refractivity contribution in [2.24, 2.45) is 0 Å². The van der Waals surface area contributed by atoms with Crippen molar-refractivity contribution in [3.05, 3.63) is 27.3 Å². The number of nitrogens with zero attached hydrogens (tertiary/aromatic N) is 1. The van der Waals surface area contributed by atoms with Crippen molar-refractivity contribution in [3.63, 3.8) is 0 Å². The van der Waals surface area contributed by atoms with Gasteiger partial charge in [0.2, 0.25) is 5.75 Å². The van der Waals surface area contributed by atoms with Crippen molar-refractivity contribution in [3.8, 4) is 11.5 Å². The molecule has 3 rings (SSSR count). The molecule has 10 heteroatoms. The molecule has 1 aromatic carbocycles. The van der Waals surface area contributed by atoms with E-state index < -0.39 is 4.92 Å². The van der Waals surface area contributed by atoms with Gasteiger partial charge in [-0.15, -0.1) is 0 Å². The zero-order chi connectivity index (χ0) is 22.9. The van der Waals surface area contributed by atoms with Gasteiger partial charge in [0, 0.05) is 19.3 Å². The molecule has 2 heterocycles. The van der Waals surface area contributed by atoms with Crippen LogP contribution in [0.2, 0.25) is 5.02 Å². The molecule has 0 aromatic heterocycles. The number of hydrogen-bond donors (Lipinski definition) is 0. The molecule has 32 heavy (non-hydrogen) atoms. The number of rotatable bonds is 11.